The van der Waals surface area contributed by atoms with Crippen molar-refractivity contribution < 1.29 is 13.9 Å². The molecule has 8 heteroatoms. The second-order valence-corrected chi connectivity index (χ2v) is 6.25. The predicted molar refractivity (Wildman–Crippen MR) is 114 cm³/mol. The maximum atomic E-state index is 13.8. The van der Waals surface area contributed by atoms with E-state index in [1.807, 2.05) is 6.07 Å². The van der Waals surface area contributed by atoms with E-state index >= 15 is 0 Å². The van der Waals surface area contributed by atoms with E-state index in [0.29, 0.717) is 36.2 Å². The maximum Gasteiger partial charge on any atom is 0.191 e. The van der Waals surface area contributed by atoms with E-state index in [-0.39, 0.29) is 36.3 Å². The van der Waals surface area contributed by atoms with Gasteiger partial charge in [0.15, 0.2) is 5.96 Å². The predicted octanol–water partition coefficient (Wildman–Crippen LogP) is 2.81. The Hall–Kier alpha value is -1.44. The summed E-state index contributed by atoms with van der Waals surface area (Å²) in [6, 6.07) is 6.33. The van der Waals surface area contributed by atoms with Crippen molar-refractivity contribution in [2.75, 3.05) is 40.0 Å². The number of nitriles is 1. The third-order valence-electron chi connectivity index (χ3n) is 4.30. The molecule has 0 atom stereocenters. The van der Waals surface area contributed by atoms with Crippen LogP contribution in [0.4, 0.5) is 4.39 Å². The third-order valence-corrected chi connectivity index (χ3v) is 4.30. The molecule has 0 amide bonds. The minimum absolute atomic E-state index is 0. The lowest BCUT2D eigenvalue weighted by atomic mass is 10.0. The monoisotopic (exact) mass is 490 g/mol. The first kappa shape index (κ1) is 23.6. The molecule has 0 saturated carbocycles. The Kier molecular flexibility index (Phi) is 12.0. The number of aliphatic imine (C=N–C) groups is 1. The first-order chi connectivity index (χ1) is 12.7. The second kappa shape index (κ2) is 13.7. The fourth-order valence-corrected chi connectivity index (χ4v) is 2.72. The minimum Gasteiger partial charge on any atom is -0.381 e. The summed E-state index contributed by atoms with van der Waals surface area (Å²) in [5.74, 6) is 0.870. The summed E-state index contributed by atoms with van der Waals surface area (Å²) >= 11 is 0. The topological polar surface area (TPSA) is 78.7 Å². The molecule has 1 heterocycles. The van der Waals surface area contributed by atoms with Crippen LogP contribution in [0.5, 0.6) is 0 Å². The normalized spacial score (nSPS) is 14.9. The number of benzene rings is 1. The first-order valence-electron chi connectivity index (χ1n) is 9.01. The average Bonchev–Trinajstić information content (AvgIpc) is 2.68. The van der Waals surface area contributed by atoms with Crippen molar-refractivity contribution in [2.24, 2.45) is 10.9 Å². The van der Waals surface area contributed by atoms with Gasteiger partial charge in [0.05, 0.1) is 11.6 Å². The van der Waals surface area contributed by atoms with Crippen LogP contribution >= 0.6 is 24.0 Å². The molecule has 0 spiro atoms. The molecule has 1 saturated heterocycles. The van der Waals surface area contributed by atoms with Crippen LogP contribution in [0.15, 0.2) is 23.2 Å². The number of ether oxygens (including phenoxy) is 2. The van der Waals surface area contributed by atoms with Crippen LogP contribution in [-0.4, -0.2) is 46.0 Å². The second-order valence-electron chi connectivity index (χ2n) is 6.25. The number of hydrogen-bond acceptors (Lipinski definition) is 4. The van der Waals surface area contributed by atoms with E-state index in [4.69, 9.17) is 14.7 Å². The number of hydrogen-bond donors (Lipinski definition) is 2. The molecule has 0 unspecified atom stereocenters. The van der Waals surface area contributed by atoms with Crippen molar-refractivity contribution in [3.05, 3.63) is 35.1 Å². The van der Waals surface area contributed by atoms with Gasteiger partial charge in [0.25, 0.3) is 0 Å². The zero-order valence-electron chi connectivity index (χ0n) is 15.7. The zero-order chi connectivity index (χ0) is 18.6. The average molecular weight is 490 g/mol. The highest BCUT2D eigenvalue weighted by atomic mass is 127. The maximum absolute atomic E-state index is 13.8. The summed E-state index contributed by atoms with van der Waals surface area (Å²) in [4.78, 5) is 4.12. The lowest BCUT2D eigenvalue weighted by Gasteiger charge is -2.21. The quantitative estimate of drug-likeness (QED) is 0.254. The van der Waals surface area contributed by atoms with Gasteiger partial charge in [0.1, 0.15) is 5.82 Å². The number of halogens is 2. The first-order valence-corrected chi connectivity index (χ1v) is 9.01. The molecular formula is C19H28FIN4O2. The lowest BCUT2D eigenvalue weighted by Crippen LogP contribution is -2.37. The van der Waals surface area contributed by atoms with Gasteiger partial charge in [-0.3, -0.25) is 4.99 Å². The van der Waals surface area contributed by atoms with Gasteiger partial charge in [-0.15, -0.1) is 24.0 Å². The van der Waals surface area contributed by atoms with Gasteiger partial charge in [0.2, 0.25) is 0 Å². The molecule has 2 N–H and O–H groups in total. The highest BCUT2D eigenvalue weighted by molar-refractivity contribution is 14.0. The van der Waals surface area contributed by atoms with Crippen LogP contribution in [0.25, 0.3) is 0 Å². The summed E-state index contributed by atoms with van der Waals surface area (Å²) in [5.41, 5.74) is 0.875. The van der Waals surface area contributed by atoms with Crippen molar-refractivity contribution in [3.8, 4) is 6.07 Å². The van der Waals surface area contributed by atoms with Gasteiger partial charge in [-0.2, -0.15) is 5.26 Å². The molecule has 6 nitrogen and oxygen atoms in total. The molecule has 1 aliphatic heterocycles. The fourth-order valence-electron chi connectivity index (χ4n) is 2.72. The molecule has 1 aromatic rings. The zero-order valence-corrected chi connectivity index (χ0v) is 18.0. The van der Waals surface area contributed by atoms with Crippen molar-refractivity contribution in [3.63, 3.8) is 0 Å². The summed E-state index contributed by atoms with van der Waals surface area (Å²) in [7, 11) is 1.67. The SMILES string of the molecule is CN=C(NCCCOCC1CCOCC1)NCc1cc(C#N)ccc1F.I. The summed E-state index contributed by atoms with van der Waals surface area (Å²) in [6.45, 7) is 4.16. The molecule has 2 rings (SSSR count). The van der Waals surface area contributed by atoms with Crippen LogP contribution in [0.1, 0.15) is 30.4 Å². The Bertz CT molecular complexity index is 631. The molecule has 27 heavy (non-hydrogen) atoms. The Labute approximate surface area is 177 Å². The smallest absolute Gasteiger partial charge is 0.191 e. The molecule has 1 fully saturated rings. The van der Waals surface area contributed by atoms with Gasteiger partial charge in [-0.1, -0.05) is 0 Å². The molecule has 0 radical (unpaired) electrons. The van der Waals surface area contributed by atoms with Gasteiger partial charge in [-0.05, 0) is 43.4 Å². The Morgan fingerprint density at radius 2 is 2.15 bits per heavy atom. The van der Waals surface area contributed by atoms with Gasteiger partial charge in [-0.25, -0.2) is 4.39 Å². The van der Waals surface area contributed by atoms with Crippen LogP contribution in [0.2, 0.25) is 0 Å². The molecular weight excluding hydrogens is 462 g/mol. The number of rotatable bonds is 8. The summed E-state index contributed by atoms with van der Waals surface area (Å²) in [6.07, 6.45) is 3.03. The Morgan fingerprint density at radius 1 is 1.37 bits per heavy atom. The summed E-state index contributed by atoms with van der Waals surface area (Å²) < 4.78 is 24.8. The van der Waals surface area contributed by atoms with Crippen LogP contribution < -0.4 is 10.6 Å². The highest BCUT2D eigenvalue weighted by Crippen LogP contribution is 2.14. The number of nitrogens with one attached hydrogen (secondary N) is 2. The molecule has 1 aliphatic rings. The van der Waals surface area contributed by atoms with Crippen LogP contribution in [-0.2, 0) is 16.0 Å². The van der Waals surface area contributed by atoms with E-state index in [0.717, 1.165) is 39.1 Å². The number of guanidine groups is 1. The minimum atomic E-state index is -0.339. The van der Waals surface area contributed by atoms with Crippen LogP contribution in [0, 0.1) is 23.1 Å². The van der Waals surface area contributed by atoms with Gasteiger partial charge < -0.3 is 20.1 Å². The Balaban J connectivity index is 0.00000364. The third kappa shape index (κ3) is 8.86. The van der Waals surface area contributed by atoms with E-state index in [1.54, 1.807) is 13.1 Å². The van der Waals surface area contributed by atoms with E-state index in [2.05, 4.69) is 15.6 Å². The highest BCUT2D eigenvalue weighted by Gasteiger charge is 2.13. The standard InChI is InChI=1S/C19H27FN4O2.HI/c1-22-19(24-13-17-11-16(12-21)3-4-18(17)20)23-7-2-8-26-14-15-5-9-25-10-6-15;/h3-4,11,15H,2,5-10,13-14H2,1H3,(H2,22,23,24);1H. The van der Waals surface area contributed by atoms with Crippen molar-refractivity contribution in [1.29, 1.82) is 5.26 Å². The number of nitrogens with zero attached hydrogens (tertiary/aromatic N) is 2. The van der Waals surface area contributed by atoms with E-state index in [9.17, 15) is 4.39 Å². The summed E-state index contributed by atoms with van der Waals surface area (Å²) in [5, 5.41) is 15.1. The molecule has 0 aliphatic carbocycles. The van der Waals surface area contributed by atoms with Crippen molar-refractivity contribution in [2.45, 2.75) is 25.8 Å². The van der Waals surface area contributed by atoms with E-state index < -0.39 is 0 Å². The largest absolute Gasteiger partial charge is 0.381 e. The Morgan fingerprint density at radius 3 is 2.85 bits per heavy atom. The molecule has 1 aromatic carbocycles. The molecule has 0 bridgehead atoms. The van der Waals surface area contributed by atoms with Crippen molar-refractivity contribution in [1.82, 2.24) is 10.6 Å². The molecule has 0 aromatic heterocycles. The van der Waals surface area contributed by atoms with E-state index in [1.165, 1.54) is 12.1 Å². The fraction of sp³-hybridized carbons (Fsp3) is 0.579. The lowest BCUT2D eigenvalue weighted by molar-refractivity contribution is 0.0203. The van der Waals surface area contributed by atoms with Crippen molar-refractivity contribution >= 4 is 29.9 Å². The van der Waals surface area contributed by atoms with Gasteiger partial charge in [0, 0.05) is 52.1 Å². The molecule has 150 valence electrons. The van der Waals surface area contributed by atoms with Crippen LogP contribution in [0.3, 0.4) is 0 Å². The van der Waals surface area contributed by atoms with Gasteiger partial charge >= 0.3 is 0 Å².